The molecule has 0 aromatic carbocycles. The molecule has 0 radical (unpaired) electrons. The normalized spacial score (nSPS) is 10.6. The van der Waals surface area contributed by atoms with Gasteiger partial charge in [0.2, 0.25) is 11.3 Å². The summed E-state index contributed by atoms with van der Waals surface area (Å²) in [5.74, 6) is -1.33. The van der Waals surface area contributed by atoms with Gasteiger partial charge in [-0.3, -0.25) is 9.59 Å². The molecule has 0 spiro atoms. The maximum atomic E-state index is 12.3. The predicted octanol–water partition coefficient (Wildman–Crippen LogP) is 0.367. The Morgan fingerprint density at radius 3 is 2.71 bits per heavy atom. The van der Waals surface area contributed by atoms with E-state index in [2.05, 4.69) is 4.98 Å². The molecule has 2 N–H and O–H groups in total. The number of rotatable bonds is 4. The van der Waals surface area contributed by atoms with Gasteiger partial charge in [-0.2, -0.15) is 0 Å². The van der Waals surface area contributed by atoms with Gasteiger partial charge in [0, 0.05) is 11.9 Å². The van der Waals surface area contributed by atoms with E-state index in [1.54, 1.807) is 26.0 Å². The van der Waals surface area contributed by atoms with Crippen LogP contribution in [0.3, 0.4) is 0 Å². The van der Waals surface area contributed by atoms with Crippen molar-refractivity contribution < 1.29 is 14.3 Å². The minimum atomic E-state index is -0.733. The van der Waals surface area contributed by atoms with Crippen molar-refractivity contribution in [2.75, 3.05) is 6.61 Å². The highest BCUT2D eigenvalue weighted by Crippen LogP contribution is 2.11. The minimum absolute atomic E-state index is 0.142. The molecule has 21 heavy (non-hydrogen) atoms. The van der Waals surface area contributed by atoms with Gasteiger partial charge in [0.05, 0.1) is 12.0 Å². The van der Waals surface area contributed by atoms with Crippen LogP contribution < -0.4 is 11.2 Å². The van der Waals surface area contributed by atoms with Crippen LogP contribution >= 0.6 is 0 Å². The monoisotopic (exact) mass is 289 g/mol. The van der Waals surface area contributed by atoms with E-state index in [-0.39, 0.29) is 24.1 Å². The van der Waals surface area contributed by atoms with Crippen LogP contribution in [0.5, 0.6) is 0 Å². The zero-order chi connectivity index (χ0) is 15.6. The van der Waals surface area contributed by atoms with Crippen LogP contribution in [-0.2, 0) is 16.1 Å². The highest BCUT2D eigenvalue weighted by Gasteiger charge is 2.17. The second kappa shape index (κ2) is 5.74. The number of pyridine rings is 2. The van der Waals surface area contributed by atoms with E-state index in [1.807, 2.05) is 0 Å². The van der Waals surface area contributed by atoms with E-state index in [9.17, 15) is 14.4 Å². The van der Waals surface area contributed by atoms with E-state index in [0.29, 0.717) is 11.3 Å². The molecule has 0 atom stereocenters. The summed E-state index contributed by atoms with van der Waals surface area (Å²) in [6.45, 7) is 3.38. The number of carbonyl (C=O) groups is 2. The van der Waals surface area contributed by atoms with Crippen molar-refractivity contribution in [3.63, 3.8) is 0 Å². The van der Waals surface area contributed by atoms with Crippen LogP contribution in [-0.4, -0.2) is 28.0 Å². The van der Waals surface area contributed by atoms with E-state index in [1.165, 1.54) is 10.8 Å². The first-order valence-electron chi connectivity index (χ1n) is 6.40. The Kier molecular flexibility index (Phi) is 4.02. The van der Waals surface area contributed by atoms with E-state index in [0.717, 1.165) is 0 Å². The Bertz CT molecular complexity index is 780. The van der Waals surface area contributed by atoms with Crippen molar-refractivity contribution >= 4 is 22.9 Å². The quantitative estimate of drug-likeness (QED) is 0.819. The summed E-state index contributed by atoms with van der Waals surface area (Å²) < 4.78 is 6.24. The number of esters is 1. The second-order valence-corrected chi connectivity index (χ2v) is 4.51. The lowest BCUT2D eigenvalue weighted by atomic mass is 10.2. The largest absolute Gasteiger partial charge is 0.462 e. The Balaban J connectivity index is 2.75. The van der Waals surface area contributed by atoms with Gasteiger partial charge in [0.15, 0.2) is 0 Å². The SMILES string of the molecule is CCOC(=O)c1cn(CC(N)=O)c2nc(C)ccc2c1=O. The minimum Gasteiger partial charge on any atom is -0.462 e. The smallest absolute Gasteiger partial charge is 0.343 e. The van der Waals surface area contributed by atoms with Crippen LogP contribution in [0, 0.1) is 6.92 Å². The van der Waals surface area contributed by atoms with Crippen molar-refractivity contribution in [2.24, 2.45) is 5.73 Å². The topological polar surface area (TPSA) is 104 Å². The third-order valence-electron chi connectivity index (χ3n) is 2.88. The van der Waals surface area contributed by atoms with Crippen LogP contribution in [0.25, 0.3) is 11.0 Å². The van der Waals surface area contributed by atoms with Gasteiger partial charge in [0.25, 0.3) is 0 Å². The molecule has 0 aliphatic rings. The summed E-state index contributed by atoms with van der Waals surface area (Å²) in [5, 5.41) is 0.243. The first-order valence-corrected chi connectivity index (χ1v) is 6.40. The number of fused-ring (bicyclic) bond motifs is 1. The Morgan fingerprint density at radius 2 is 2.10 bits per heavy atom. The second-order valence-electron chi connectivity index (χ2n) is 4.51. The molecule has 2 heterocycles. The van der Waals surface area contributed by atoms with Crippen molar-refractivity contribution in [3.05, 3.63) is 39.8 Å². The number of nitrogens with zero attached hydrogens (tertiary/aromatic N) is 2. The van der Waals surface area contributed by atoms with Crippen LogP contribution in [0.15, 0.2) is 23.1 Å². The Morgan fingerprint density at radius 1 is 1.38 bits per heavy atom. The van der Waals surface area contributed by atoms with Crippen LogP contribution in [0.1, 0.15) is 23.0 Å². The van der Waals surface area contributed by atoms with Crippen LogP contribution in [0.4, 0.5) is 0 Å². The lowest BCUT2D eigenvalue weighted by Crippen LogP contribution is -2.25. The Hall–Kier alpha value is -2.70. The highest BCUT2D eigenvalue weighted by molar-refractivity contribution is 5.93. The average molecular weight is 289 g/mol. The molecule has 0 bridgehead atoms. The summed E-state index contributed by atoms with van der Waals surface area (Å²) in [5.41, 5.74) is 5.57. The Labute approximate surface area is 120 Å². The lowest BCUT2D eigenvalue weighted by molar-refractivity contribution is -0.118. The molecule has 110 valence electrons. The number of amides is 1. The maximum absolute atomic E-state index is 12.3. The van der Waals surface area contributed by atoms with E-state index >= 15 is 0 Å². The predicted molar refractivity (Wildman–Crippen MR) is 75.9 cm³/mol. The molecule has 0 aliphatic carbocycles. The summed E-state index contributed by atoms with van der Waals surface area (Å²) in [6, 6.07) is 3.23. The summed E-state index contributed by atoms with van der Waals surface area (Å²) >= 11 is 0. The summed E-state index contributed by atoms with van der Waals surface area (Å²) in [4.78, 5) is 39.6. The first kappa shape index (κ1) is 14.7. The zero-order valence-electron chi connectivity index (χ0n) is 11.8. The molecule has 0 saturated carbocycles. The molecular formula is C14H15N3O4. The van der Waals surface area contributed by atoms with Gasteiger partial charge in [-0.15, -0.1) is 0 Å². The number of hydrogen-bond acceptors (Lipinski definition) is 5. The number of carbonyl (C=O) groups excluding carboxylic acids is 2. The number of nitrogens with two attached hydrogens (primary N) is 1. The molecule has 7 nitrogen and oxygen atoms in total. The summed E-state index contributed by atoms with van der Waals surface area (Å²) in [6.07, 6.45) is 1.26. The molecule has 7 heteroatoms. The first-order chi connectivity index (χ1) is 9.93. The van der Waals surface area contributed by atoms with Crippen molar-refractivity contribution in [1.29, 1.82) is 0 Å². The fraction of sp³-hybridized carbons (Fsp3) is 0.286. The zero-order valence-corrected chi connectivity index (χ0v) is 11.8. The third kappa shape index (κ3) is 2.91. The molecule has 2 rings (SSSR count). The van der Waals surface area contributed by atoms with Gasteiger partial charge in [-0.05, 0) is 26.0 Å². The van der Waals surface area contributed by atoms with Crippen molar-refractivity contribution in [1.82, 2.24) is 9.55 Å². The van der Waals surface area contributed by atoms with Gasteiger partial charge >= 0.3 is 5.97 Å². The molecule has 0 saturated heterocycles. The molecular weight excluding hydrogens is 274 g/mol. The number of aryl methyl sites for hydroxylation is 1. The van der Waals surface area contributed by atoms with Gasteiger partial charge in [0.1, 0.15) is 17.8 Å². The van der Waals surface area contributed by atoms with E-state index < -0.39 is 17.3 Å². The fourth-order valence-corrected chi connectivity index (χ4v) is 2.00. The third-order valence-corrected chi connectivity index (χ3v) is 2.88. The van der Waals surface area contributed by atoms with Crippen LogP contribution in [0.2, 0.25) is 0 Å². The molecule has 0 fully saturated rings. The standard InChI is InChI=1S/C14H15N3O4/c1-3-21-14(20)10-6-17(7-11(15)18)13-9(12(10)19)5-4-8(2)16-13/h4-6H,3,7H2,1-2H3,(H2,15,18). The number of hydrogen-bond donors (Lipinski definition) is 1. The molecule has 1 amide bonds. The van der Waals surface area contributed by atoms with E-state index in [4.69, 9.17) is 10.5 Å². The lowest BCUT2D eigenvalue weighted by Gasteiger charge is -2.11. The highest BCUT2D eigenvalue weighted by atomic mass is 16.5. The number of ether oxygens (including phenoxy) is 1. The molecule has 2 aromatic rings. The van der Waals surface area contributed by atoms with Gasteiger partial charge in [-0.25, -0.2) is 9.78 Å². The van der Waals surface area contributed by atoms with Gasteiger partial charge < -0.3 is 15.0 Å². The molecule has 0 unspecified atom stereocenters. The van der Waals surface area contributed by atoms with Gasteiger partial charge in [-0.1, -0.05) is 0 Å². The van der Waals surface area contributed by atoms with Crippen molar-refractivity contribution in [2.45, 2.75) is 20.4 Å². The maximum Gasteiger partial charge on any atom is 0.343 e. The molecule has 0 aliphatic heterocycles. The van der Waals surface area contributed by atoms with Crippen molar-refractivity contribution in [3.8, 4) is 0 Å². The number of aromatic nitrogens is 2. The summed E-state index contributed by atoms with van der Waals surface area (Å²) in [7, 11) is 0. The molecule has 2 aromatic heterocycles. The average Bonchev–Trinajstić information content (AvgIpc) is 2.41. The number of primary amides is 1. The fourth-order valence-electron chi connectivity index (χ4n) is 2.00.